The third kappa shape index (κ3) is 4.15. The van der Waals surface area contributed by atoms with E-state index in [0.717, 1.165) is 27.8 Å². The number of amides is 4. The van der Waals surface area contributed by atoms with E-state index < -0.39 is 21.4 Å². The molecule has 7 nitrogen and oxygen atoms in total. The highest BCUT2D eigenvalue weighted by Crippen LogP contribution is 2.44. The summed E-state index contributed by atoms with van der Waals surface area (Å²) in [5.74, 6) is -1.09. The van der Waals surface area contributed by atoms with Crippen molar-refractivity contribution < 1.29 is 19.2 Å². The zero-order valence-electron chi connectivity index (χ0n) is 15.2. The van der Waals surface area contributed by atoms with Crippen LogP contribution in [0.2, 0.25) is 0 Å². The fraction of sp³-hybridized carbons (Fsp3) is 0.368. The highest BCUT2D eigenvalue weighted by atomic mass is 35.5. The Kier molecular flexibility index (Phi) is 5.35. The molecule has 0 atom stereocenters. The number of alkyl halides is 2. The van der Waals surface area contributed by atoms with Gasteiger partial charge in [0.15, 0.2) is 0 Å². The highest BCUT2D eigenvalue weighted by molar-refractivity contribution is 8.18. The molecule has 3 aliphatic rings. The molecule has 0 unspecified atom stereocenters. The number of carbonyl (C=O) groups is 4. The highest BCUT2D eigenvalue weighted by Gasteiger charge is 2.40. The molecule has 0 spiro atoms. The number of halogens is 2. The van der Waals surface area contributed by atoms with Crippen LogP contribution in [0.25, 0.3) is 0 Å². The van der Waals surface area contributed by atoms with Gasteiger partial charge in [-0.15, -0.1) is 23.2 Å². The van der Waals surface area contributed by atoms with Crippen molar-refractivity contribution in [3.8, 4) is 0 Å². The molecule has 1 saturated heterocycles. The van der Waals surface area contributed by atoms with Crippen molar-refractivity contribution in [1.29, 1.82) is 0 Å². The van der Waals surface area contributed by atoms with E-state index in [9.17, 15) is 19.2 Å². The van der Waals surface area contributed by atoms with Gasteiger partial charge in [-0.3, -0.25) is 24.1 Å². The average Bonchev–Trinajstić information content (AvgIpc) is 3.16. The summed E-state index contributed by atoms with van der Waals surface area (Å²) in [6.07, 6.45) is 2.15. The molecule has 1 aliphatic carbocycles. The first-order valence-electron chi connectivity index (χ1n) is 9.08. The fourth-order valence-electron chi connectivity index (χ4n) is 3.55. The summed E-state index contributed by atoms with van der Waals surface area (Å²) < 4.78 is -0.796. The van der Waals surface area contributed by atoms with Crippen LogP contribution in [0.4, 0.5) is 10.5 Å². The standard InChI is InChI=1S/C19H17Cl2N3O4S/c20-19(21)5-3-10(4-6-19)15-17(27)24(18(28)29-15)9-14(25)23-12-1-2-13-11(7-12)8-22-16(13)26/h1-2,7H,3-6,8-9H2,(H,22,26)(H,23,25). The van der Waals surface area contributed by atoms with E-state index >= 15 is 0 Å². The van der Waals surface area contributed by atoms with Crippen LogP contribution in [0.15, 0.2) is 28.7 Å². The number of anilines is 1. The molecule has 0 bridgehead atoms. The summed E-state index contributed by atoms with van der Waals surface area (Å²) in [6.45, 7) is 0.0328. The largest absolute Gasteiger partial charge is 0.348 e. The molecular formula is C19H17Cl2N3O4S. The van der Waals surface area contributed by atoms with Gasteiger partial charge in [0, 0.05) is 17.8 Å². The smallest absolute Gasteiger partial charge is 0.294 e. The van der Waals surface area contributed by atoms with Gasteiger partial charge in [0.05, 0.1) is 4.91 Å². The molecule has 1 aromatic rings. The van der Waals surface area contributed by atoms with Gasteiger partial charge in [-0.2, -0.15) is 0 Å². The SMILES string of the molecule is O=C(CN1C(=O)SC(=C2CCC(Cl)(Cl)CC2)C1=O)Nc1ccc2c(c1)CNC2=O. The number of nitrogens with one attached hydrogen (secondary N) is 2. The number of benzene rings is 1. The maximum absolute atomic E-state index is 12.7. The summed E-state index contributed by atoms with van der Waals surface area (Å²) in [5.41, 5.74) is 2.73. The molecule has 29 heavy (non-hydrogen) atoms. The predicted molar refractivity (Wildman–Crippen MR) is 111 cm³/mol. The van der Waals surface area contributed by atoms with Gasteiger partial charge in [0.25, 0.3) is 17.1 Å². The monoisotopic (exact) mass is 453 g/mol. The molecule has 1 saturated carbocycles. The van der Waals surface area contributed by atoms with Crippen molar-refractivity contribution in [2.75, 3.05) is 11.9 Å². The minimum absolute atomic E-state index is 0.146. The van der Waals surface area contributed by atoms with Crippen LogP contribution in [0.1, 0.15) is 41.6 Å². The van der Waals surface area contributed by atoms with E-state index in [2.05, 4.69) is 10.6 Å². The Hall–Kier alpha value is -2.03. The lowest BCUT2D eigenvalue weighted by Crippen LogP contribution is -2.36. The Balaban J connectivity index is 1.42. The van der Waals surface area contributed by atoms with Crippen LogP contribution in [0.3, 0.4) is 0 Å². The van der Waals surface area contributed by atoms with E-state index in [-0.39, 0.29) is 12.5 Å². The number of allylic oxidation sites excluding steroid dienone is 1. The molecule has 4 rings (SSSR count). The molecule has 2 heterocycles. The van der Waals surface area contributed by atoms with Crippen LogP contribution in [-0.4, -0.2) is 38.7 Å². The summed E-state index contributed by atoms with van der Waals surface area (Å²) in [5, 5.41) is 4.91. The zero-order chi connectivity index (χ0) is 20.8. The minimum Gasteiger partial charge on any atom is -0.348 e. The predicted octanol–water partition coefficient (Wildman–Crippen LogP) is 3.57. The summed E-state index contributed by atoms with van der Waals surface area (Å²) >= 11 is 13.1. The quantitative estimate of drug-likeness (QED) is 0.538. The van der Waals surface area contributed by atoms with Crippen molar-refractivity contribution in [3.05, 3.63) is 39.8 Å². The average molecular weight is 454 g/mol. The normalized spacial score (nSPS) is 20.8. The molecule has 2 aliphatic heterocycles. The second-order valence-electron chi connectivity index (χ2n) is 7.15. The van der Waals surface area contributed by atoms with Crippen molar-refractivity contribution >= 4 is 63.6 Å². The van der Waals surface area contributed by atoms with Crippen LogP contribution in [0.5, 0.6) is 0 Å². The molecule has 10 heteroatoms. The molecule has 152 valence electrons. The Labute approximate surface area is 181 Å². The Morgan fingerprint density at radius 2 is 1.93 bits per heavy atom. The minimum atomic E-state index is -0.796. The maximum atomic E-state index is 12.7. The lowest BCUT2D eigenvalue weighted by Gasteiger charge is -2.26. The van der Waals surface area contributed by atoms with Crippen molar-refractivity contribution in [3.63, 3.8) is 0 Å². The maximum Gasteiger partial charge on any atom is 0.294 e. The van der Waals surface area contributed by atoms with E-state index in [4.69, 9.17) is 23.2 Å². The number of hydrogen-bond acceptors (Lipinski definition) is 5. The lowest BCUT2D eigenvalue weighted by molar-refractivity contribution is -0.127. The van der Waals surface area contributed by atoms with E-state index in [0.29, 0.717) is 48.4 Å². The first-order valence-corrected chi connectivity index (χ1v) is 10.7. The number of imide groups is 1. The molecule has 0 aromatic heterocycles. The number of fused-ring (bicyclic) bond motifs is 1. The number of nitrogens with zero attached hydrogens (tertiary/aromatic N) is 1. The number of hydrogen-bond donors (Lipinski definition) is 2. The third-order valence-electron chi connectivity index (χ3n) is 5.13. The first kappa shape index (κ1) is 20.3. The summed E-state index contributed by atoms with van der Waals surface area (Å²) in [6, 6.07) is 4.95. The van der Waals surface area contributed by atoms with E-state index in [1.54, 1.807) is 18.2 Å². The van der Waals surface area contributed by atoms with Gasteiger partial charge in [0.1, 0.15) is 10.9 Å². The van der Waals surface area contributed by atoms with E-state index in [1.165, 1.54) is 0 Å². The topological polar surface area (TPSA) is 95.6 Å². The van der Waals surface area contributed by atoms with Crippen molar-refractivity contribution in [2.45, 2.75) is 36.6 Å². The van der Waals surface area contributed by atoms with Crippen LogP contribution in [-0.2, 0) is 16.1 Å². The molecule has 0 radical (unpaired) electrons. The number of carbonyl (C=O) groups excluding carboxylic acids is 4. The fourth-order valence-corrected chi connectivity index (χ4v) is 4.91. The van der Waals surface area contributed by atoms with Gasteiger partial charge in [-0.1, -0.05) is 5.57 Å². The third-order valence-corrected chi connectivity index (χ3v) is 6.95. The number of thioether (sulfide) groups is 1. The molecule has 4 amide bonds. The van der Waals surface area contributed by atoms with Gasteiger partial charge in [-0.05, 0) is 61.2 Å². The van der Waals surface area contributed by atoms with Gasteiger partial charge in [0.2, 0.25) is 5.91 Å². The second kappa shape index (κ2) is 7.66. The molecule has 2 N–H and O–H groups in total. The van der Waals surface area contributed by atoms with Crippen LogP contribution < -0.4 is 10.6 Å². The van der Waals surface area contributed by atoms with Crippen LogP contribution in [0, 0.1) is 0 Å². The lowest BCUT2D eigenvalue weighted by atomic mass is 9.93. The Morgan fingerprint density at radius 1 is 1.21 bits per heavy atom. The molecule has 2 fully saturated rings. The van der Waals surface area contributed by atoms with Crippen LogP contribution >= 0.6 is 35.0 Å². The Bertz CT molecular complexity index is 964. The summed E-state index contributed by atoms with van der Waals surface area (Å²) in [4.78, 5) is 50.3. The van der Waals surface area contributed by atoms with E-state index in [1.807, 2.05) is 0 Å². The first-order chi connectivity index (χ1) is 13.7. The molecular weight excluding hydrogens is 437 g/mol. The Morgan fingerprint density at radius 3 is 2.66 bits per heavy atom. The van der Waals surface area contributed by atoms with Gasteiger partial charge < -0.3 is 10.6 Å². The van der Waals surface area contributed by atoms with Crippen molar-refractivity contribution in [2.24, 2.45) is 0 Å². The zero-order valence-corrected chi connectivity index (χ0v) is 17.5. The molecule has 1 aromatic carbocycles. The second-order valence-corrected chi connectivity index (χ2v) is 9.75. The number of rotatable bonds is 3. The van der Waals surface area contributed by atoms with Gasteiger partial charge >= 0.3 is 0 Å². The van der Waals surface area contributed by atoms with Crippen molar-refractivity contribution in [1.82, 2.24) is 10.2 Å². The summed E-state index contributed by atoms with van der Waals surface area (Å²) in [7, 11) is 0. The van der Waals surface area contributed by atoms with Gasteiger partial charge in [-0.25, -0.2) is 0 Å².